The number of aromatic nitrogens is 1. The smallest absolute Gasteiger partial charge is 0.252 e. The fraction of sp³-hybridized carbons (Fsp3) is 0. The Morgan fingerprint density at radius 1 is 0.407 bits per heavy atom. The number of benzene rings is 8. The Labute approximate surface area is 311 Å². The molecule has 6 heterocycles. The van der Waals surface area contributed by atoms with E-state index in [9.17, 15) is 0 Å². The number of furan rings is 1. The van der Waals surface area contributed by atoms with E-state index in [1.807, 2.05) is 0 Å². The number of hydrogen-bond donors (Lipinski definition) is 0. The molecule has 0 bridgehead atoms. The maximum atomic E-state index is 6.90. The first kappa shape index (κ1) is 27.7. The summed E-state index contributed by atoms with van der Waals surface area (Å²) in [6.07, 6.45) is 0. The average molecular weight is 683 g/mol. The van der Waals surface area contributed by atoms with Crippen LogP contribution >= 0.6 is 0 Å². The third kappa shape index (κ3) is 3.10. The summed E-state index contributed by atoms with van der Waals surface area (Å²) in [5.74, 6) is 0. The van der Waals surface area contributed by atoms with Gasteiger partial charge in [0.1, 0.15) is 11.2 Å². The van der Waals surface area contributed by atoms with Gasteiger partial charge in [0, 0.05) is 61.5 Å². The highest BCUT2D eigenvalue weighted by Gasteiger charge is 2.50. The SMILES string of the molecule is c1ccc(N2c3ccccc3B3c4c2cc2c5c4-n4c6c3cccc6c3c6oc7ccccc7c6cc(c34)B5c3ccccc3N2c2ccccc2)cc1. The predicted molar refractivity (Wildman–Crippen MR) is 227 cm³/mol. The van der Waals surface area contributed by atoms with Gasteiger partial charge in [-0.25, -0.2) is 0 Å². The van der Waals surface area contributed by atoms with E-state index in [4.69, 9.17) is 4.42 Å². The van der Waals surface area contributed by atoms with Crippen LogP contribution in [0.5, 0.6) is 0 Å². The molecule has 0 saturated heterocycles. The Balaban J connectivity index is 1.26. The minimum Gasteiger partial charge on any atom is -0.455 e. The standard InChI is InChI=1S/C48H27B2N3O/c1-3-14-28(15-4-1)51-37-23-10-8-20-33(37)49-35-22-13-19-31-42-46-36(26-32-30-18-7-12-25-41(30)54-48(32)42)50-34-21-9-11-24-38(34)52(29-16-5-2-6-17-29)40-27-39(51)43(49)47(44(40)50)53(46)45(31)35/h1-27H. The lowest BCUT2D eigenvalue weighted by Crippen LogP contribution is -2.67. The van der Waals surface area contributed by atoms with Gasteiger partial charge in [-0.3, -0.25) is 0 Å². The van der Waals surface area contributed by atoms with Gasteiger partial charge in [0.25, 0.3) is 13.4 Å². The van der Waals surface area contributed by atoms with Gasteiger partial charge in [0.15, 0.2) is 0 Å². The van der Waals surface area contributed by atoms with Gasteiger partial charge in [0.2, 0.25) is 0 Å². The van der Waals surface area contributed by atoms with E-state index in [2.05, 4.69) is 178 Å². The Morgan fingerprint density at radius 3 is 1.65 bits per heavy atom. The summed E-state index contributed by atoms with van der Waals surface area (Å²) in [6.45, 7) is 0.0890. The molecule has 246 valence electrons. The molecule has 0 spiro atoms. The highest BCUT2D eigenvalue weighted by molar-refractivity contribution is 7.04. The topological polar surface area (TPSA) is 24.6 Å². The summed E-state index contributed by atoms with van der Waals surface area (Å²) < 4.78 is 9.55. The molecule has 0 amide bonds. The molecule has 2 aromatic heterocycles. The van der Waals surface area contributed by atoms with E-state index in [0.29, 0.717) is 0 Å². The van der Waals surface area contributed by atoms with Crippen molar-refractivity contribution < 1.29 is 4.42 Å². The summed E-state index contributed by atoms with van der Waals surface area (Å²) in [5.41, 5.74) is 21.1. The van der Waals surface area contributed by atoms with Gasteiger partial charge >= 0.3 is 0 Å². The molecule has 10 aromatic rings. The molecule has 4 aliphatic rings. The number of rotatable bonds is 2. The fourth-order valence-electron chi connectivity index (χ4n) is 10.8. The summed E-state index contributed by atoms with van der Waals surface area (Å²) >= 11 is 0. The van der Waals surface area contributed by atoms with Crippen LogP contribution in [0, 0.1) is 0 Å². The summed E-state index contributed by atoms with van der Waals surface area (Å²) in [6, 6.07) is 60.5. The molecule has 0 aliphatic carbocycles. The zero-order valence-electron chi connectivity index (χ0n) is 29.0. The predicted octanol–water partition coefficient (Wildman–Crippen LogP) is 7.91. The van der Waals surface area contributed by atoms with Crippen molar-refractivity contribution >= 4 is 124 Å². The van der Waals surface area contributed by atoms with Gasteiger partial charge in [0.05, 0.1) is 10.9 Å². The van der Waals surface area contributed by atoms with Gasteiger partial charge in [-0.1, -0.05) is 115 Å². The maximum absolute atomic E-state index is 6.90. The van der Waals surface area contributed by atoms with E-state index in [1.165, 1.54) is 88.4 Å². The average Bonchev–Trinajstić information content (AvgIpc) is 3.78. The molecular weight excluding hydrogens is 656 g/mol. The lowest BCUT2D eigenvalue weighted by Gasteiger charge is -2.46. The molecule has 0 radical (unpaired) electrons. The summed E-state index contributed by atoms with van der Waals surface area (Å²) in [7, 11) is 0. The third-order valence-corrected chi connectivity index (χ3v) is 12.7. The molecule has 54 heavy (non-hydrogen) atoms. The highest BCUT2D eigenvalue weighted by atomic mass is 16.3. The van der Waals surface area contributed by atoms with Gasteiger partial charge in [-0.05, 0) is 81.3 Å². The first-order valence-corrected chi connectivity index (χ1v) is 18.9. The second-order valence-corrected chi connectivity index (χ2v) is 15.2. The minimum atomic E-state index is 0.0263. The van der Waals surface area contributed by atoms with Crippen molar-refractivity contribution in [2.45, 2.75) is 0 Å². The van der Waals surface area contributed by atoms with Crippen molar-refractivity contribution in [3.05, 3.63) is 164 Å². The van der Waals surface area contributed by atoms with Crippen LogP contribution in [-0.4, -0.2) is 18.0 Å². The van der Waals surface area contributed by atoms with Crippen molar-refractivity contribution in [2.24, 2.45) is 0 Å². The van der Waals surface area contributed by atoms with E-state index < -0.39 is 0 Å². The van der Waals surface area contributed by atoms with E-state index >= 15 is 0 Å². The Hall–Kier alpha value is -6.91. The maximum Gasteiger partial charge on any atom is 0.252 e. The number of para-hydroxylation sites is 6. The lowest BCUT2D eigenvalue weighted by atomic mass is 9.29. The summed E-state index contributed by atoms with van der Waals surface area (Å²) in [4.78, 5) is 5.03. The number of hydrogen-bond acceptors (Lipinski definition) is 3. The number of anilines is 6. The molecule has 0 fully saturated rings. The molecule has 8 aromatic carbocycles. The Morgan fingerprint density at radius 2 is 0.963 bits per heavy atom. The minimum absolute atomic E-state index is 0.0263. The van der Waals surface area contributed by atoms with Gasteiger partial charge < -0.3 is 18.8 Å². The van der Waals surface area contributed by atoms with Crippen LogP contribution in [0.2, 0.25) is 0 Å². The van der Waals surface area contributed by atoms with Crippen molar-refractivity contribution in [1.82, 2.24) is 4.57 Å². The normalized spacial score (nSPS) is 14.1. The molecule has 14 rings (SSSR count). The van der Waals surface area contributed by atoms with Crippen LogP contribution in [0.25, 0.3) is 49.4 Å². The largest absolute Gasteiger partial charge is 0.455 e. The molecule has 0 N–H and O–H groups in total. The second kappa shape index (κ2) is 9.54. The molecule has 0 saturated carbocycles. The van der Waals surface area contributed by atoms with Crippen LogP contribution in [0.4, 0.5) is 34.1 Å². The lowest BCUT2D eigenvalue weighted by molar-refractivity contribution is 0.673. The molecule has 4 nitrogen and oxygen atoms in total. The molecule has 0 unspecified atom stereocenters. The zero-order valence-corrected chi connectivity index (χ0v) is 29.0. The molecule has 0 atom stereocenters. The number of nitrogens with zero attached hydrogens (tertiary/aromatic N) is 3. The monoisotopic (exact) mass is 683 g/mol. The molecule has 6 heteroatoms. The first-order valence-electron chi connectivity index (χ1n) is 18.9. The van der Waals surface area contributed by atoms with Gasteiger partial charge in [-0.15, -0.1) is 0 Å². The molecule has 4 aliphatic heterocycles. The molecular formula is C48H27B2N3O. The fourth-order valence-corrected chi connectivity index (χ4v) is 10.8. The van der Waals surface area contributed by atoms with Gasteiger partial charge in [-0.2, -0.15) is 0 Å². The Bertz CT molecular complexity index is 3310. The zero-order chi connectivity index (χ0) is 34.8. The quantitative estimate of drug-likeness (QED) is 0.173. The van der Waals surface area contributed by atoms with Crippen LogP contribution in [0.1, 0.15) is 0 Å². The highest BCUT2D eigenvalue weighted by Crippen LogP contribution is 2.48. The van der Waals surface area contributed by atoms with E-state index in [-0.39, 0.29) is 13.4 Å². The Kier molecular flexibility index (Phi) is 4.90. The van der Waals surface area contributed by atoms with Crippen molar-refractivity contribution in [1.29, 1.82) is 0 Å². The van der Waals surface area contributed by atoms with Crippen molar-refractivity contribution in [2.75, 3.05) is 9.80 Å². The number of fused-ring (bicyclic) bond motifs is 11. The van der Waals surface area contributed by atoms with Crippen molar-refractivity contribution in [3.63, 3.8) is 0 Å². The van der Waals surface area contributed by atoms with E-state index in [0.717, 1.165) is 27.9 Å². The second-order valence-electron chi connectivity index (χ2n) is 15.2. The van der Waals surface area contributed by atoms with Crippen LogP contribution in [0.15, 0.2) is 168 Å². The van der Waals surface area contributed by atoms with Crippen LogP contribution < -0.4 is 42.6 Å². The summed E-state index contributed by atoms with van der Waals surface area (Å²) in [5, 5.41) is 4.82. The van der Waals surface area contributed by atoms with Crippen LogP contribution in [0.3, 0.4) is 0 Å². The van der Waals surface area contributed by atoms with Crippen LogP contribution in [-0.2, 0) is 0 Å². The first-order chi connectivity index (χ1) is 26.8. The third-order valence-electron chi connectivity index (χ3n) is 12.7. The van der Waals surface area contributed by atoms with Crippen molar-refractivity contribution in [3.8, 4) is 5.69 Å². The van der Waals surface area contributed by atoms with E-state index in [1.54, 1.807) is 0 Å².